The Morgan fingerprint density at radius 2 is 1.33 bits per heavy atom. The fourth-order valence-corrected chi connectivity index (χ4v) is 5.61. The Balaban J connectivity index is 2.02. The number of carbonyl (C=O) groups excluding carboxylic acids is 2. The maximum absolute atomic E-state index is 11.6. The lowest BCUT2D eigenvalue weighted by atomic mass is 9.85. The summed E-state index contributed by atoms with van der Waals surface area (Å²) in [4.78, 5) is 23.2. The number of esters is 2. The van der Waals surface area contributed by atoms with Crippen LogP contribution < -0.4 is 0 Å². The SMILES string of the molecule is CCCCCCCCCCCCCCCCCCC(C)C(C)CC(CC1CCCC(=O)O1)OC(C)=O. The molecule has 0 saturated carbocycles. The van der Waals surface area contributed by atoms with E-state index in [-0.39, 0.29) is 24.1 Å². The molecule has 0 aromatic rings. The molecule has 0 aromatic carbocycles. The minimum atomic E-state index is -0.236. The highest BCUT2D eigenvalue weighted by Crippen LogP contribution is 2.28. The van der Waals surface area contributed by atoms with Gasteiger partial charge in [0.1, 0.15) is 12.2 Å². The van der Waals surface area contributed by atoms with Crippen molar-refractivity contribution in [3.8, 4) is 0 Å². The van der Waals surface area contributed by atoms with E-state index < -0.39 is 0 Å². The molecule has 1 aliphatic heterocycles. The number of cyclic esters (lactones) is 1. The molecule has 0 aromatic heterocycles. The predicted octanol–water partition coefficient (Wildman–Crippen LogP) is 9.72. The third kappa shape index (κ3) is 18.2. The molecule has 1 aliphatic rings. The molecule has 4 heteroatoms. The standard InChI is InChI=1S/C32H60O4/c1-5-6-7-8-9-10-11-12-13-14-15-16-17-18-19-20-22-27(2)28(3)25-31(35-29(4)33)26-30-23-21-24-32(34)36-30/h27-28,30-31H,5-26H2,1-4H3. The summed E-state index contributed by atoms with van der Waals surface area (Å²) in [5.74, 6) is 0.756. The van der Waals surface area contributed by atoms with Crippen LogP contribution in [0.5, 0.6) is 0 Å². The highest BCUT2D eigenvalue weighted by molar-refractivity contribution is 5.70. The molecule has 1 fully saturated rings. The number of hydrogen-bond donors (Lipinski definition) is 0. The summed E-state index contributed by atoms with van der Waals surface area (Å²) in [7, 11) is 0. The van der Waals surface area contributed by atoms with E-state index in [1.54, 1.807) is 0 Å². The molecule has 4 nitrogen and oxygen atoms in total. The molecule has 0 aliphatic carbocycles. The zero-order valence-corrected chi connectivity index (χ0v) is 24.5. The molecule has 0 N–H and O–H groups in total. The van der Waals surface area contributed by atoms with Crippen molar-refractivity contribution in [2.24, 2.45) is 11.8 Å². The summed E-state index contributed by atoms with van der Waals surface area (Å²) in [6.45, 7) is 8.38. The van der Waals surface area contributed by atoms with Crippen molar-refractivity contribution >= 4 is 11.9 Å². The summed E-state index contributed by atoms with van der Waals surface area (Å²) >= 11 is 0. The van der Waals surface area contributed by atoms with Crippen LogP contribution in [-0.2, 0) is 19.1 Å². The second-order valence-corrected chi connectivity index (χ2v) is 11.8. The number of ether oxygens (including phenoxy) is 2. The van der Waals surface area contributed by atoms with Crippen molar-refractivity contribution in [1.29, 1.82) is 0 Å². The van der Waals surface area contributed by atoms with Gasteiger partial charge in [0.2, 0.25) is 0 Å². The van der Waals surface area contributed by atoms with Crippen molar-refractivity contribution in [3.05, 3.63) is 0 Å². The van der Waals surface area contributed by atoms with E-state index in [0.717, 1.165) is 19.3 Å². The van der Waals surface area contributed by atoms with E-state index in [2.05, 4.69) is 20.8 Å². The molecule has 1 rings (SSSR count). The van der Waals surface area contributed by atoms with E-state index in [0.29, 0.717) is 24.7 Å². The van der Waals surface area contributed by atoms with Crippen LogP contribution in [0.3, 0.4) is 0 Å². The van der Waals surface area contributed by atoms with E-state index in [4.69, 9.17) is 9.47 Å². The van der Waals surface area contributed by atoms with Crippen LogP contribution in [0.25, 0.3) is 0 Å². The molecule has 4 atom stereocenters. The van der Waals surface area contributed by atoms with Gasteiger partial charge in [0, 0.05) is 19.8 Å². The molecule has 1 heterocycles. The summed E-state index contributed by atoms with van der Waals surface area (Å²) in [6, 6.07) is 0. The fraction of sp³-hybridized carbons (Fsp3) is 0.938. The first-order chi connectivity index (χ1) is 17.4. The van der Waals surface area contributed by atoms with Crippen molar-refractivity contribution < 1.29 is 19.1 Å². The zero-order valence-electron chi connectivity index (χ0n) is 24.5. The molecule has 1 saturated heterocycles. The minimum Gasteiger partial charge on any atom is -0.462 e. The predicted molar refractivity (Wildman–Crippen MR) is 151 cm³/mol. The third-order valence-electron chi connectivity index (χ3n) is 8.18. The first-order valence-electron chi connectivity index (χ1n) is 15.8. The number of hydrogen-bond acceptors (Lipinski definition) is 4. The molecule has 36 heavy (non-hydrogen) atoms. The van der Waals surface area contributed by atoms with Crippen molar-refractivity contribution in [3.63, 3.8) is 0 Å². The Labute approximate surface area is 224 Å². The molecular formula is C32H60O4. The van der Waals surface area contributed by atoms with Gasteiger partial charge in [-0.05, 0) is 31.1 Å². The zero-order chi connectivity index (χ0) is 26.4. The monoisotopic (exact) mass is 508 g/mol. The van der Waals surface area contributed by atoms with Crippen LogP contribution in [0, 0.1) is 11.8 Å². The van der Waals surface area contributed by atoms with Crippen LogP contribution in [0.15, 0.2) is 0 Å². The maximum Gasteiger partial charge on any atom is 0.306 e. The van der Waals surface area contributed by atoms with Crippen molar-refractivity contribution in [2.45, 2.75) is 181 Å². The van der Waals surface area contributed by atoms with Crippen LogP contribution in [-0.4, -0.2) is 24.1 Å². The van der Waals surface area contributed by atoms with Gasteiger partial charge in [-0.1, -0.05) is 130 Å². The Bertz CT molecular complexity index is 546. The summed E-state index contributed by atoms with van der Waals surface area (Å²) in [5.41, 5.74) is 0. The quantitative estimate of drug-likeness (QED) is 0.102. The Morgan fingerprint density at radius 1 is 0.833 bits per heavy atom. The Hall–Kier alpha value is -1.06. The largest absolute Gasteiger partial charge is 0.462 e. The second-order valence-electron chi connectivity index (χ2n) is 11.8. The number of unbranched alkanes of at least 4 members (excludes halogenated alkanes) is 15. The first-order valence-corrected chi connectivity index (χ1v) is 15.8. The van der Waals surface area contributed by atoms with Crippen molar-refractivity contribution in [1.82, 2.24) is 0 Å². The average Bonchev–Trinajstić information content (AvgIpc) is 2.83. The van der Waals surface area contributed by atoms with E-state index >= 15 is 0 Å². The van der Waals surface area contributed by atoms with Gasteiger partial charge in [-0.2, -0.15) is 0 Å². The summed E-state index contributed by atoms with van der Waals surface area (Å²) in [6.07, 6.45) is 27.2. The van der Waals surface area contributed by atoms with Gasteiger partial charge in [-0.25, -0.2) is 0 Å². The van der Waals surface area contributed by atoms with Gasteiger partial charge in [0.05, 0.1) is 0 Å². The number of carbonyl (C=O) groups is 2. The molecule has 0 amide bonds. The maximum atomic E-state index is 11.6. The van der Waals surface area contributed by atoms with Gasteiger partial charge in [-0.15, -0.1) is 0 Å². The van der Waals surface area contributed by atoms with Gasteiger partial charge < -0.3 is 9.47 Å². The molecule has 0 spiro atoms. The van der Waals surface area contributed by atoms with E-state index in [9.17, 15) is 9.59 Å². The van der Waals surface area contributed by atoms with Crippen LogP contribution in [0.2, 0.25) is 0 Å². The second kappa shape index (κ2) is 22.0. The lowest BCUT2D eigenvalue weighted by Crippen LogP contribution is -2.31. The van der Waals surface area contributed by atoms with Crippen molar-refractivity contribution in [2.75, 3.05) is 0 Å². The number of rotatable bonds is 23. The van der Waals surface area contributed by atoms with Crippen LogP contribution in [0.1, 0.15) is 169 Å². The van der Waals surface area contributed by atoms with Gasteiger partial charge in [-0.3, -0.25) is 9.59 Å². The lowest BCUT2D eigenvalue weighted by molar-refractivity contribution is -0.158. The van der Waals surface area contributed by atoms with Gasteiger partial charge in [0.25, 0.3) is 0 Å². The smallest absolute Gasteiger partial charge is 0.306 e. The highest BCUT2D eigenvalue weighted by atomic mass is 16.6. The first kappa shape index (κ1) is 33.0. The molecule has 4 unspecified atom stereocenters. The minimum absolute atomic E-state index is 0.0987. The van der Waals surface area contributed by atoms with Crippen LogP contribution in [0.4, 0.5) is 0 Å². The molecular weight excluding hydrogens is 448 g/mol. The van der Waals surface area contributed by atoms with Gasteiger partial charge in [0.15, 0.2) is 0 Å². The van der Waals surface area contributed by atoms with Crippen LogP contribution >= 0.6 is 0 Å². The topological polar surface area (TPSA) is 52.6 Å². The van der Waals surface area contributed by atoms with E-state index in [1.807, 2.05) is 0 Å². The summed E-state index contributed by atoms with van der Waals surface area (Å²) in [5, 5.41) is 0. The molecule has 212 valence electrons. The van der Waals surface area contributed by atoms with E-state index in [1.165, 1.54) is 116 Å². The molecule has 0 bridgehead atoms. The Kier molecular flexibility index (Phi) is 20.1. The Morgan fingerprint density at radius 3 is 1.81 bits per heavy atom. The van der Waals surface area contributed by atoms with Gasteiger partial charge >= 0.3 is 11.9 Å². The molecule has 0 radical (unpaired) electrons. The highest BCUT2D eigenvalue weighted by Gasteiger charge is 2.27. The third-order valence-corrected chi connectivity index (χ3v) is 8.18. The fourth-order valence-electron chi connectivity index (χ4n) is 5.61. The average molecular weight is 509 g/mol. The summed E-state index contributed by atoms with van der Waals surface area (Å²) < 4.78 is 11.1. The lowest BCUT2D eigenvalue weighted by Gasteiger charge is -2.29. The normalized spacial score (nSPS) is 18.4.